The second kappa shape index (κ2) is 11.5. The van der Waals surface area contributed by atoms with Gasteiger partial charge in [0.05, 0.1) is 18.1 Å². The molecule has 8 heteroatoms. The minimum absolute atomic E-state index is 0. The molecule has 0 spiro atoms. The first-order valence-corrected chi connectivity index (χ1v) is 9.12. The number of aryl methyl sites for hydroxylation is 1. The van der Waals surface area contributed by atoms with Crippen molar-refractivity contribution in [3.8, 4) is 5.75 Å². The lowest BCUT2D eigenvalue weighted by atomic mass is 10.3. The minimum atomic E-state index is 0. The topological polar surface area (TPSA) is 58.5 Å². The number of aromatic nitrogens is 1. The largest absolute Gasteiger partial charge is 0.489 e. The molecule has 0 radical (unpaired) electrons. The molecule has 1 atom stereocenters. The van der Waals surface area contributed by atoms with Gasteiger partial charge < -0.3 is 15.4 Å². The normalized spacial score (nSPS) is 12.2. The van der Waals surface area contributed by atoms with Crippen molar-refractivity contribution in [2.24, 2.45) is 4.99 Å². The summed E-state index contributed by atoms with van der Waals surface area (Å²) in [4.78, 5) is 9.97. The summed E-state index contributed by atoms with van der Waals surface area (Å²) >= 11 is 7.54. The van der Waals surface area contributed by atoms with Gasteiger partial charge in [-0.25, -0.2) is 9.98 Å². The van der Waals surface area contributed by atoms with E-state index < -0.39 is 0 Å². The third kappa shape index (κ3) is 8.24. The number of benzene rings is 1. The summed E-state index contributed by atoms with van der Waals surface area (Å²) in [6.07, 6.45) is 1.87. The van der Waals surface area contributed by atoms with Crippen molar-refractivity contribution in [2.75, 3.05) is 13.1 Å². The Morgan fingerprint density at radius 2 is 2.04 bits per heavy atom. The van der Waals surface area contributed by atoms with E-state index in [1.807, 2.05) is 51.2 Å². The molecule has 0 aliphatic rings. The zero-order valence-corrected chi connectivity index (χ0v) is 18.5. The molecule has 1 unspecified atom stereocenters. The number of ether oxygens (including phenoxy) is 1. The highest BCUT2D eigenvalue weighted by Crippen LogP contribution is 2.16. The van der Waals surface area contributed by atoms with E-state index in [1.165, 1.54) is 0 Å². The van der Waals surface area contributed by atoms with Crippen LogP contribution < -0.4 is 15.4 Å². The van der Waals surface area contributed by atoms with Crippen LogP contribution in [0.3, 0.4) is 0 Å². The third-order valence-electron chi connectivity index (χ3n) is 3.11. The first-order valence-electron chi connectivity index (χ1n) is 7.92. The van der Waals surface area contributed by atoms with Gasteiger partial charge in [0.2, 0.25) is 0 Å². The quantitative estimate of drug-likeness (QED) is 0.343. The molecule has 0 aliphatic carbocycles. The predicted octanol–water partition coefficient (Wildman–Crippen LogP) is 4.25. The molecule has 2 aromatic rings. The van der Waals surface area contributed by atoms with Crippen LogP contribution in [0.2, 0.25) is 5.02 Å². The maximum atomic E-state index is 5.88. The van der Waals surface area contributed by atoms with E-state index in [9.17, 15) is 0 Å². The van der Waals surface area contributed by atoms with Crippen molar-refractivity contribution in [3.63, 3.8) is 0 Å². The predicted molar refractivity (Wildman–Crippen MR) is 117 cm³/mol. The zero-order valence-electron chi connectivity index (χ0n) is 14.6. The summed E-state index contributed by atoms with van der Waals surface area (Å²) in [5.74, 6) is 1.57. The van der Waals surface area contributed by atoms with Crippen LogP contribution in [0.5, 0.6) is 5.75 Å². The fourth-order valence-corrected chi connectivity index (χ4v) is 2.85. The van der Waals surface area contributed by atoms with E-state index in [4.69, 9.17) is 16.3 Å². The van der Waals surface area contributed by atoms with Gasteiger partial charge >= 0.3 is 0 Å². The number of guanidine groups is 1. The van der Waals surface area contributed by atoms with Crippen LogP contribution in [0.1, 0.15) is 23.7 Å². The first-order chi connectivity index (χ1) is 11.6. The molecule has 0 saturated heterocycles. The van der Waals surface area contributed by atoms with Crippen LogP contribution in [0, 0.1) is 6.92 Å². The lowest BCUT2D eigenvalue weighted by molar-refractivity contribution is 0.224. The first kappa shape index (κ1) is 22.0. The number of hydrogen-bond acceptors (Lipinski definition) is 4. The smallest absolute Gasteiger partial charge is 0.191 e. The molecule has 25 heavy (non-hydrogen) atoms. The van der Waals surface area contributed by atoms with E-state index in [1.54, 1.807) is 11.3 Å². The Hall–Kier alpha value is -1.06. The molecule has 0 bridgehead atoms. The molecule has 1 heterocycles. The highest BCUT2D eigenvalue weighted by Gasteiger charge is 2.06. The highest BCUT2D eigenvalue weighted by atomic mass is 127. The molecule has 0 fully saturated rings. The van der Waals surface area contributed by atoms with E-state index >= 15 is 0 Å². The molecule has 138 valence electrons. The Balaban J connectivity index is 0.00000312. The molecule has 2 N–H and O–H groups in total. The van der Waals surface area contributed by atoms with Crippen molar-refractivity contribution in [1.29, 1.82) is 0 Å². The van der Waals surface area contributed by atoms with Crippen LogP contribution in [-0.2, 0) is 6.54 Å². The zero-order chi connectivity index (χ0) is 17.4. The monoisotopic (exact) mass is 494 g/mol. The standard InChI is InChI=1S/C17H23ClN4OS.HI/c1-4-19-17(22-11-16-10-20-13(3)24-16)21-9-12(2)23-15-7-5-14(18)6-8-15;/h5-8,10,12H,4,9,11H2,1-3H3,(H2,19,21,22);1H. The average molecular weight is 495 g/mol. The molecular formula is C17H24ClIN4OS. The van der Waals surface area contributed by atoms with Crippen LogP contribution in [0.25, 0.3) is 0 Å². The molecule has 0 aliphatic heterocycles. The maximum absolute atomic E-state index is 5.88. The molecule has 0 saturated carbocycles. The van der Waals surface area contributed by atoms with Gasteiger partial charge in [0.1, 0.15) is 11.9 Å². The van der Waals surface area contributed by atoms with Gasteiger partial charge in [-0.15, -0.1) is 35.3 Å². The Bertz CT molecular complexity index is 663. The number of halogens is 2. The molecular weight excluding hydrogens is 471 g/mol. The number of nitrogens with one attached hydrogen (secondary N) is 2. The van der Waals surface area contributed by atoms with Gasteiger partial charge in [0.15, 0.2) is 5.96 Å². The van der Waals surface area contributed by atoms with Crippen LogP contribution in [-0.4, -0.2) is 30.1 Å². The van der Waals surface area contributed by atoms with Gasteiger partial charge in [-0.2, -0.15) is 0 Å². The Morgan fingerprint density at radius 3 is 2.64 bits per heavy atom. The Morgan fingerprint density at radius 1 is 1.32 bits per heavy atom. The van der Waals surface area contributed by atoms with E-state index in [-0.39, 0.29) is 30.1 Å². The van der Waals surface area contributed by atoms with Gasteiger partial charge in [-0.05, 0) is 45.0 Å². The van der Waals surface area contributed by atoms with E-state index in [2.05, 4.69) is 20.6 Å². The summed E-state index contributed by atoms with van der Waals surface area (Å²) < 4.78 is 5.85. The summed E-state index contributed by atoms with van der Waals surface area (Å²) in [6.45, 7) is 8.12. The van der Waals surface area contributed by atoms with Crippen LogP contribution >= 0.6 is 46.9 Å². The van der Waals surface area contributed by atoms with Crippen LogP contribution in [0.15, 0.2) is 35.5 Å². The minimum Gasteiger partial charge on any atom is -0.489 e. The summed E-state index contributed by atoms with van der Waals surface area (Å²) in [6, 6.07) is 7.37. The van der Waals surface area contributed by atoms with Gasteiger partial charge in [-0.3, -0.25) is 0 Å². The fraction of sp³-hybridized carbons (Fsp3) is 0.412. The fourth-order valence-electron chi connectivity index (χ4n) is 2.00. The summed E-state index contributed by atoms with van der Waals surface area (Å²) in [5.41, 5.74) is 0. The number of hydrogen-bond donors (Lipinski definition) is 2. The summed E-state index contributed by atoms with van der Waals surface area (Å²) in [5, 5.41) is 8.30. The molecule has 1 aromatic carbocycles. The second-order valence-corrected chi connectivity index (χ2v) is 7.06. The summed E-state index contributed by atoms with van der Waals surface area (Å²) in [7, 11) is 0. The maximum Gasteiger partial charge on any atom is 0.191 e. The van der Waals surface area contributed by atoms with Crippen molar-refractivity contribution < 1.29 is 4.74 Å². The van der Waals surface area contributed by atoms with Gasteiger partial charge in [0, 0.05) is 22.6 Å². The van der Waals surface area contributed by atoms with E-state index in [0.29, 0.717) is 18.1 Å². The van der Waals surface area contributed by atoms with Crippen molar-refractivity contribution >= 4 is 52.9 Å². The lowest BCUT2D eigenvalue weighted by Gasteiger charge is -2.17. The molecule has 1 aromatic heterocycles. The van der Waals surface area contributed by atoms with Gasteiger partial charge in [0.25, 0.3) is 0 Å². The number of nitrogens with zero attached hydrogens (tertiary/aromatic N) is 2. The molecule has 0 amide bonds. The van der Waals surface area contributed by atoms with Crippen molar-refractivity contribution in [3.05, 3.63) is 45.4 Å². The molecule has 2 rings (SSSR count). The number of aliphatic imine (C=N–C) groups is 1. The second-order valence-electron chi connectivity index (χ2n) is 5.30. The van der Waals surface area contributed by atoms with Crippen molar-refractivity contribution in [2.45, 2.75) is 33.4 Å². The molecule has 5 nitrogen and oxygen atoms in total. The van der Waals surface area contributed by atoms with Crippen molar-refractivity contribution in [1.82, 2.24) is 15.6 Å². The number of thiazole rings is 1. The SMILES string of the molecule is CCNC(=NCc1cnc(C)s1)NCC(C)Oc1ccc(Cl)cc1.I. The van der Waals surface area contributed by atoms with Gasteiger partial charge in [-0.1, -0.05) is 11.6 Å². The lowest BCUT2D eigenvalue weighted by Crippen LogP contribution is -2.41. The highest BCUT2D eigenvalue weighted by molar-refractivity contribution is 14.0. The number of rotatable bonds is 7. The third-order valence-corrected chi connectivity index (χ3v) is 4.26. The van der Waals surface area contributed by atoms with E-state index in [0.717, 1.165) is 28.1 Å². The Labute approximate surface area is 175 Å². The van der Waals surface area contributed by atoms with Crippen LogP contribution in [0.4, 0.5) is 0 Å². The average Bonchev–Trinajstić information content (AvgIpc) is 2.98. The Kier molecular flexibility index (Phi) is 10.1.